The van der Waals surface area contributed by atoms with Crippen LogP contribution in [0.5, 0.6) is 0 Å². The number of benzene rings is 1. The van der Waals surface area contributed by atoms with Crippen molar-refractivity contribution in [3.8, 4) is 11.5 Å². The molecular weight excluding hydrogens is 330 g/mol. The number of hydrogen-bond donors (Lipinski definition) is 1. The number of H-pyrrole nitrogens is 1. The predicted octanol–water partition coefficient (Wildman–Crippen LogP) is 2.62. The van der Waals surface area contributed by atoms with Gasteiger partial charge in [0, 0.05) is 26.3 Å². The Morgan fingerprint density at radius 3 is 2.58 bits per heavy atom. The van der Waals surface area contributed by atoms with Crippen molar-refractivity contribution in [1.29, 1.82) is 0 Å². The second-order valence-electron chi connectivity index (χ2n) is 6.79. The molecule has 0 fully saturated rings. The van der Waals surface area contributed by atoms with Crippen LogP contribution in [0.4, 0.5) is 5.69 Å². The number of aryl methyl sites for hydroxylation is 1. The number of nitrogens with one attached hydrogen (secondary N) is 1. The number of fused-ring (bicyclic) bond motifs is 2. The fourth-order valence-electron chi connectivity index (χ4n) is 3.16. The molecule has 1 aromatic carbocycles. The third-order valence-corrected chi connectivity index (χ3v) is 4.59. The first-order chi connectivity index (χ1) is 12.5. The third kappa shape index (κ3) is 3.61. The lowest BCUT2D eigenvalue weighted by atomic mass is 10.1. The minimum absolute atomic E-state index is 0.211. The smallest absolute Gasteiger partial charge is 0.349 e. The largest absolute Gasteiger partial charge is 0.378 e. The van der Waals surface area contributed by atoms with Crippen molar-refractivity contribution in [3.63, 3.8) is 0 Å². The van der Waals surface area contributed by atoms with E-state index in [-0.39, 0.29) is 5.69 Å². The second kappa shape index (κ2) is 7.68. The lowest BCUT2D eigenvalue weighted by Crippen LogP contribution is -2.29. The molecule has 0 spiro atoms. The summed E-state index contributed by atoms with van der Waals surface area (Å²) in [6.45, 7) is 2.89. The molecule has 0 saturated carbocycles. The zero-order valence-electron chi connectivity index (χ0n) is 15.6. The van der Waals surface area contributed by atoms with Gasteiger partial charge in [-0.1, -0.05) is 32.6 Å². The van der Waals surface area contributed by atoms with Crippen LogP contribution >= 0.6 is 0 Å². The molecule has 3 rings (SSSR count). The molecule has 0 saturated heterocycles. The molecule has 0 aliphatic carbocycles. The van der Waals surface area contributed by atoms with E-state index < -0.39 is 11.2 Å². The normalized spacial score (nSPS) is 11.3. The first-order valence-electron chi connectivity index (χ1n) is 9.13. The summed E-state index contributed by atoms with van der Waals surface area (Å²) in [4.78, 5) is 36.7. The number of rotatable bonds is 7. The van der Waals surface area contributed by atoms with Gasteiger partial charge in [-0.25, -0.2) is 9.78 Å². The Morgan fingerprint density at radius 2 is 1.85 bits per heavy atom. The molecule has 2 heterocycles. The Bertz CT molecular complexity index is 989. The number of unbranched alkanes of at least 4 members (excludes halogenated alkanes) is 4. The molecule has 7 nitrogen and oxygen atoms in total. The summed E-state index contributed by atoms with van der Waals surface area (Å²) >= 11 is 0. The SMILES string of the molecule is CCCCCCCn1c2nc(=O)[nH]c(=O)c-2nc2ccc(N(C)C)cc21. The highest BCUT2D eigenvalue weighted by atomic mass is 16.2. The van der Waals surface area contributed by atoms with E-state index in [0.717, 1.165) is 29.6 Å². The summed E-state index contributed by atoms with van der Waals surface area (Å²) in [5, 5.41) is 0. The molecule has 2 aliphatic rings. The summed E-state index contributed by atoms with van der Waals surface area (Å²) < 4.78 is 1.97. The van der Waals surface area contributed by atoms with Crippen LogP contribution in [-0.4, -0.2) is 33.6 Å². The molecule has 7 heteroatoms. The molecule has 1 N–H and O–H groups in total. The molecule has 0 aromatic heterocycles. The minimum Gasteiger partial charge on any atom is -0.378 e. The summed E-state index contributed by atoms with van der Waals surface area (Å²) in [6.07, 6.45) is 5.66. The monoisotopic (exact) mass is 355 g/mol. The average molecular weight is 355 g/mol. The van der Waals surface area contributed by atoms with Crippen molar-refractivity contribution < 1.29 is 0 Å². The molecule has 1 aromatic rings. The van der Waals surface area contributed by atoms with Gasteiger partial charge in [-0.2, -0.15) is 4.98 Å². The van der Waals surface area contributed by atoms with Crippen LogP contribution < -0.4 is 16.1 Å². The number of aromatic amines is 1. The summed E-state index contributed by atoms with van der Waals surface area (Å²) in [5.74, 6) is 0.359. The number of aromatic nitrogens is 4. The van der Waals surface area contributed by atoms with Gasteiger partial charge in [0.1, 0.15) is 0 Å². The van der Waals surface area contributed by atoms with E-state index in [4.69, 9.17) is 0 Å². The van der Waals surface area contributed by atoms with Gasteiger partial charge in [-0.05, 0) is 24.6 Å². The standard InChI is InChI=1S/C19H25N5O2/c1-4-5-6-7-8-11-24-15-12-13(23(2)3)9-10-14(15)20-16-17(24)21-19(26)22-18(16)25/h9-10,12H,4-8,11H2,1-3H3,(H,22,25,26). The summed E-state index contributed by atoms with van der Waals surface area (Å²) in [7, 11) is 3.95. The van der Waals surface area contributed by atoms with Crippen molar-refractivity contribution in [2.45, 2.75) is 45.6 Å². The Balaban J connectivity index is 2.14. The highest BCUT2D eigenvalue weighted by Crippen LogP contribution is 2.25. The first kappa shape index (κ1) is 18.1. The van der Waals surface area contributed by atoms with Crippen molar-refractivity contribution in [2.24, 2.45) is 0 Å². The maximum atomic E-state index is 12.2. The van der Waals surface area contributed by atoms with Crippen LogP contribution in [0.25, 0.3) is 22.6 Å². The third-order valence-electron chi connectivity index (χ3n) is 4.59. The molecule has 138 valence electrons. The van der Waals surface area contributed by atoms with Gasteiger partial charge in [-0.15, -0.1) is 0 Å². The molecule has 26 heavy (non-hydrogen) atoms. The van der Waals surface area contributed by atoms with Crippen LogP contribution in [0.15, 0.2) is 27.8 Å². The second-order valence-corrected chi connectivity index (χ2v) is 6.79. The van der Waals surface area contributed by atoms with Crippen LogP contribution in [0.2, 0.25) is 0 Å². The van der Waals surface area contributed by atoms with Gasteiger partial charge in [-0.3, -0.25) is 9.78 Å². The molecule has 0 radical (unpaired) electrons. The molecule has 0 amide bonds. The van der Waals surface area contributed by atoms with Crippen LogP contribution in [0.1, 0.15) is 39.0 Å². The van der Waals surface area contributed by atoms with E-state index in [1.54, 1.807) is 0 Å². The lowest BCUT2D eigenvalue weighted by Gasteiger charge is -2.19. The first-order valence-corrected chi connectivity index (χ1v) is 9.13. The number of nitrogens with zero attached hydrogens (tertiary/aromatic N) is 4. The molecule has 0 atom stereocenters. The van der Waals surface area contributed by atoms with Crippen LogP contribution in [0, 0.1) is 0 Å². The van der Waals surface area contributed by atoms with Crippen molar-refractivity contribution >= 4 is 16.7 Å². The van der Waals surface area contributed by atoms with Crippen molar-refractivity contribution in [3.05, 3.63) is 39.0 Å². The van der Waals surface area contributed by atoms with Gasteiger partial charge in [0.15, 0.2) is 11.5 Å². The van der Waals surface area contributed by atoms with Crippen molar-refractivity contribution in [1.82, 2.24) is 19.5 Å². The quantitative estimate of drug-likeness (QED) is 0.520. The minimum atomic E-state index is -0.632. The number of hydrogen-bond acceptors (Lipinski definition) is 5. The maximum absolute atomic E-state index is 12.2. The Kier molecular flexibility index (Phi) is 5.35. The van der Waals surface area contributed by atoms with Gasteiger partial charge >= 0.3 is 5.69 Å². The van der Waals surface area contributed by atoms with E-state index in [0.29, 0.717) is 12.4 Å². The zero-order valence-corrected chi connectivity index (χ0v) is 15.6. The molecule has 0 bridgehead atoms. The average Bonchev–Trinajstić information content (AvgIpc) is 2.61. The molecule has 2 aliphatic heterocycles. The Hall–Kier alpha value is -2.70. The number of anilines is 1. The van der Waals surface area contributed by atoms with Crippen LogP contribution in [-0.2, 0) is 6.54 Å². The van der Waals surface area contributed by atoms with E-state index in [1.165, 1.54) is 19.3 Å². The van der Waals surface area contributed by atoms with E-state index in [2.05, 4.69) is 21.9 Å². The maximum Gasteiger partial charge on any atom is 0.349 e. The van der Waals surface area contributed by atoms with Gasteiger partial charge in [0.2, 0.25) is 0 Å². The highest BCUT2D eigenvalue weighted by molar-refractivity contribution is 5.82. The zero-order chi connectivity index (χ0) is 18.7. The summed E-state index contributed by atoms with van der Waals surface area (Å²) in [6, 6.07) is 5.90. The van der Waals surface area contributed by atoms with E-state index >= 15 is 0 Å². The predicted molar refractivity (Wildman–Crippen MR) is 104 cm³/mol. The highest BCUT2D eigenvalue weighted by Gasteiger charge is 2.18. The van der Waals surface area contributed by atoms with Crippen molar-refractivity contribution in [2.75, 3.05) is 19.0 Å². The Labute approximate surface area is 152 Å². The fourth-order valence-corrected chi connectivity index (χ4v) is 3.16. The van der Waals surface area contributed by atoms with E-state index in [9.17, 15) is 9.59 Å². The van der Waals surface area contributed by atoms with Crippen LogP contribution in [0.3, 0.4) is 0 Å². The van der Waals surface area contributed by atoms with E-state index in [1.807, 2.05) is 41.8 Å². The van der Waals surface area contributed by atoms with Gasteiger partial charge < -0.3 is 9.47 Å². The summed E-state index contributed by atoms with van der Waals surface area (Å²) in [5.41, 5.74) is 1.73. The Morgan fingerprint density at radius 1 is 1.08 bits per heavy atom. The molecular formula is C19H25N5O2. The molecule has 0 unspecified atom stereocenters. The van der Waals surface area contributed by atoms with Gasteiger partial charge in [0.25, 0.3) is 5.56 Å². The van der Waals surface area contributed by atoms with Gasteiger partial charge in [0.05, 0.1) is 11.0 Å². The topological polar surface area (TPSA) is 83.9 Å². The lowest BCUT2D eigenvalue weighted by molar-refractivity contribution is 0.573. The fraction of sp³-hybridized carbons (Fsp3) is 0.474.